The molecule has 4 aromatic rings. The number of likely N-dealkylation sites (tertiary alicyclic amines) is 1. The van der Waals surface area contributed by atoms with Crippen LogP contribution in [0.15, 0.2) is 97.1 Å². The summed E-state index contributed by atoms with van der Waals surface area (Å²) in [5.41, 5.74) is 10.6. The van der Waals surface area contributed by atoms with Crippen molar-refractivity contribution in [3.8, 4) is 11.1 Å². The summed E-state index contributed by atoms with van der Waals surface area (Å²) in [6, 6.07) is 21.6. The number of carbonyl (C=O) groups is 9. The van der Waals surface area contributed by atoms with Crippen LogP contribution < -0.4 is 37.6 Å². The highest BCUT2D eigenvalue weighted by Crippen LogP contribution is 2.44. The largest absolute Gasteiger partial charge is 0.449 e. The number of rotatable bonds is 37. The minimum Gasteiger partial charge on any atom is -0.449 e. The van der Waals surface area contributed by atoms with E-state index in [2.05, 4.69) is 31.9 Å². The van der Waals surface area contributed by atoms with E-state index in [1.54, 1.807) is 91.6 Å². The van der Waals surface area contributed by atoms with Gasteiger partial charge in [-0.15, -0.1) is 0 Å². The standard InChI is InChI=1S/C75H108N10O17S/c1-15-46(8)65(60(99-13)40-61(86)85-37-24-32-59(85)67(100-14)47(9)68(88)78-48(10)66(87)49-25-17-16-18-26-49)83(11)72(92)63(44(4)5)81-71(91)64(45(6)7)84(12)75(95)102-41-51-33-34-52(39-50(51)35-38-103(96,97)98)79-69(89)58(31-23-36-77-73(76)93)80-70(90)62(43(2)3)82-74(94)101-42-57-55-29-21-19-27-53(55)54-28-20-22-30-56(54)57/h16-22,25-30,33-34,39,43-48,57-60,62-67,87H,15,23-24,31-32,35-38,40-42H2,1-14H3,(H,78,88)(H,79,89)(H,80,90)(H,81,91)(H,82,94)(H3,76,77,93)(H,96,97,98)/t46-,47+,48+,58-,59-,60+,62-,63-,64-,65-,66+,67+/m0/s1. The number of anilines is 1. The molecule has 566 valence electrons. The van der Waals surface area contributed by atoms with Crippen molar-refractivity contribution < 1.29 is 80.2 Å². The van der Waals surface area contributed by atoms with Gasteiger partial charge in [-0.3, -0.25) is 38.2 Å². The highest BCUT2D eigenvalue weighted by atomic mass is 32.2. The molecule has 0 unspecified atom stereocenters. The Hall–Kier alpha value is -8.70. The van der Waals surface area contributed by atoms with Crippen molar-refractivity contribution in [3.63, 3.8) is 0 Å². The third kappa shape index (κ3) is 22.7. The van der Waals surface area contributed by atoms with E-state index in [-0.39, 0.29) is 79.3 Å². The van der Waals surface area contributed by atoms with Crippen molar-refractivity contribution in [2.45, 2.75) is 187 Å². The van der Waals surface area contributed by atoms with Crippen LogP contribution in [-0.4, -0.2) is 195 Å². The first-order chi connectivity index (χ1) is 48.7. The smallest absolute Gasteiger partial charge is 0.410 e. The Morgan fingerprint density at radius 2 is 1.32 bits per heavy atom. The zero-order valence-electron chi connectivity index (χ0n) is 61.8. The van der Waals surface area contributed by atoms with Gasteiger partial charge in [0.25, 0.3) is 10.1 Å². The van der Waals surface area contributed by atoms with E-state index in [0.29, 0.717) is 31.4 Å². The number of hydrogen-bond acceptors (Lipinski definition) is 16. The first-order valence-electron chi connectivity index (χ1n) is 35.4. The second-order valence-corrected chi connectivity index (χ2v) is 29.6. The lowest BCUT2D eigenvalue weighted by atomic mass is 9.89. The molecule has 2 aliphatic rings. The van der Waals surface area contributed by atoms with E-state index in [9.17, 15) is 61.2 Å². The molecule has 10 N–H and O–H groups in total. The Bertz CT molecular complexity index is 3630. The minimum atomic E-state index is -4.57. The number of carbonyl (C=O) groups excluding carboxylic acids is 9. The lowest BCUT2D eigenvalue weighted by molar-refractivity contribution is -0.148. The quantitative estimate of drug-likeness (QED) is 0.0156. The molecule has 0 spiro atoms. The predicted molar refractivity (Wildman–Crippen MR) is 389 cm³/mol. The molecule has 10 amide bonds. The van der Waals surface area contributed by atoms with E-state index in [4.69, 9.17) is 24.7 Å². The van der Waals surface area contributed by atoms with Crippen LogP contribution >= 0.6 is 0 Å². The van der Waals surface area contributed by atoms with E-state index in [1.807, 2.05) is 68.4 Å². The third-order valence-corrected chi connectivity index (χ3v) is 20.4. The van der Waals surface area contributed by atoms with Gasteiger partial charge in [0.05, 0.1) is 54.5 Å². The molecular weight excluding hydrogens is 1340 g/mol. The maximum atomic E-state index is 14.9. The number of fused-ring (bicyclic) bond motifs is 3. The van der Waals surface area contributed by atoms with Crippen molar-refractivity contribution in [2.24, 2.45) is 35.3 Å². The van der Waals surface area contributed by atoms with Crippen molar-refractivity contribution in [1.82, 2.24) is 41.3 Å². The average molecular weight is 1450 g/mol. The molecule has 0 radical (unpaired) electrons. The topological polar surface area (TPSA) is 373 Å². The Kier molecular flexibility index (Phi) is 31.3. The van der Waals surface area contributed by atoms with E-state index >= 15 is 0 Å². The van der Waals surface area contributed by atoms with Gasteiger partial charge in [-0.1, -0.05) is 154 Å². The van der Waals surface area contributed by atoms with Crippen molar-refractivity contribution >= 4 is 69.5 Å². The number of hydrogen-bond donors (Lipinski definition) is 9. The normalized spacial score (nSPS) is 16.8. The minimum absolute atomic E-state index is 0.0174. The number of amides is 10. The van der Waals surface area contributed by atoms with Crippen molar-refractivity contribution in [1.29, 1.82) is 0 Å². The molecule has 6 rings (SSSR count). The fourth-order valence-corrected chi connectivity index (χ4v) is 14.3. The molecule has 1 aliphatic carbocycles. The maximum Gasteiger partial charge on any atom is 0.410 e. The fourth-order valence-electron chi connectivity index (χ4n) is 13.8. The molecule has 28 heteroatoms. The highest BCUT2D eigenvalue weighted by molar-refractivity contribution is 7.85. The number of aliphatic hydroxyl groups is 1. The molecule has 1 fully saturated rings. The molecule has 0 bridgehead atoms. The van der Waals surface area contributed by atoms with E-state index in [1.165, 1.54) is 44.4 Å². The fraction of sp³-hybridized carbons (Fsp3) is 0.560. The van der Waals surface area contributed by atoms with Crippen LogP contribution in [0.3, 0.4) is 0 Å². The SMILES string of the molecule is CC[C@H](C)[C@@H]([C@@H](CC(=O)N1CCC[C@H]1[C@H](OC)[C@@H](C)C(=O)N[C@H](C)[C@@H](O)c1ccccc1)OC)N(C)C(=O)[C@@H](NC(=O)[C@H](C(C)C)N(C)C(=O)OCc1ccc(NC(=O)[C@H](CCCNC(N)=O)NC(=O)[C@@H](NC(=O)OCC2c3ccccc3-c3ccccc32)C(C)C)cc1CCS(=O)(=O)O)C(C)C. The van der Waals surface area contributed by atoms with Gasteiger partial charge in [0.2, 0.25) is 35.4 Å². The summed E-state index contributed by atoms with van der Waals surface area (Å²) in [4.78, 5) is 130. The maximum absolute atomic E-state index is 14.9. The van der Waals surface area contributed by atoms with Crippen molar-refractivity contribution in [3.05, 3.63) is 125 Å². The van der Waals surface area contributed by atoms with Gasteiger partial charge in [-0.25, -0.2) is 14.4 Å². The van der Waals surface area contributed by atoms with E-state index in [0.717, 1.165) is 27.2 Å². The summed E-state index contributed by atoms with van der Waals surface area (Å²) in [6.07, 6.45) is -2.82. The average Bonchev–Trinajstić information content (AvgIpc) is 1.62. The number of likely N-dealkylation sites (N-methyl/N-ethyl adjacent to an activating group) is 2. The van der Waals surface area contributed by atoms with Crippen LogP contribution in [0.4, 0.5) is 20.1 Å². The highest BCUT2D eigenvalue weighted by Gasteiger charge is 2.44. The number of nitrogens with zero attached hydrogens (tertiary/aromatic N) is 3. The van der Waals surface area contributed by atoms with Gasteiger partial charge < -0.3 is 71.5 Å². The molecular formula is C75H108N10O17S. The molecule has 1 heterocycles. The number of aryl methyl sites for hydroxylation is 1. The molecule has 12 atom stereocenters. The van der Waals surface area contributed by atoms with Crippen molar-refractivity contribution in [2.75, 3.05) is 59.1 Å². The van der Waals surface area contributed by atoms with Gasteiger partial charge >= 0.3 is 18.2 Å². The Morgan fingerprint density at radius 1 is 0.699 bits per heavy atom. The third-order valence-electron chi connectivity index (χ3n) is 19.7. The second kappa shape index (κ2) is 38.7. The first-order valence-corrected chi connectivity index (χ1v) is 37.0. The summed E-state index contributed by atoms with van der Waals surface area (Å²) in [7, 11) is 1.37. The van der Waals surface area contributed by atoms with Gasteiger partial charge in [-0.2, -0.15) is 8.42 Å². The molecule has 0 saturated carbocycles. The number of benzene rings is 4. The number of aliphatic hydroxyl groups excluding tert-OH is 1. The zero-order chi connectivity index (χ0) is 76.2. The van der Waals surface area contributed by atoms with Gasteiger partial charge in [0.15, 0.2) is 0 Å². The number of methoxy groups -OCH3 is 2. The van der Waals surface area contributed by atoms with Crippen LogP contribution in [0, 0.1) is 29.6 Å². The monoisotopic (exact) mass is 1450 g/mol. The number of nitrogens with two attached hydrogens (primary N) is 1. The zero-order valence-corrected chi connectivity index (χ0v) is 62.6. The molecule has 1 aliphatic heterocycles. The molecule has 27 nitrogen and oxygen atoms in total. The van der Waals surface area contributed by atoms with Gasteiger partial charge in [0, 0.05) is 53.0 Å². The lowest BCUT2D eigenvalue weighted by Crippen LogP contribution is -2.60. The summed E-state index contributed by atoms with van der Waals surface area (Å²) in [5.74, 6) is -6.70. The number of urea groups is 1. The molecule has 0 aromatic heterocycles. The number of alkyl carbamates (subject to hydrolysis) is 1. The summed E-state index contributed by atoms with van der Waals surface area (Å²) < 4.78 is 57.8. The van der Waals surface area contributed by atoms with E-state index < -0.39 is 149 Å². The second-order valence-electron chi connectivity index (χ2n) is 28.0. The Balaban J connectivity index is 1.11. The number of primary amides is 1. The van der Waals surface area contributed by atoms with Crippen LogP contribution in [-0.2, 0) is 70.9 Å². The predicted octanol–water partition coefficient (Wildman–Crippen LogP) is 7.44. The summed E-state index contributed by atoms with van der Waals surface area (Å²) in [6.45, 7) is 17.6. The Labute approximate surface area is 605 Å². The molecule has 4 aromatic carbocycles. The Morgan fingerprint density at radius 3 is 1.89 bits per heavy atom. The molecule has 1 saturated heterocycles. The number of nitrogens with one attached hydrogen (secondary N) is 6. The van der Waals surface area contributed by atoms with Gasteiger partial charge in [0.1, 0.15) is 37.4 Å². The van der Waals surface area contributed by atoms with Gasteiger partial charge in [-0.05, 0) is 114 Å². The van der Waals surface area contributed by atoms with Crippen LogP contribution in [0.25, 0.3) is 11.1 Å². The lowest BCUT2D eigenvalue weighted by Gasteiger charge is -2.41. The van der Waals surface area contributed by atoms with Crippen LogP contribution in [0.2, 0.25) is 0 Å². The molecule has 103 heavy (non-hydrogen) atoms. The van der Waals surface area contributed by atoms with Crippen LogP contribution in [0.5, 0.6) is 0 Å². The van der Waals surface area contributed by atoms with Crippen LogP contribution in [0.1, 0.15) is 148 Å². The summed E-state index contributed by atoms with van der Waals surface area (Å²) >= 11 is 0. The first kappa shape index (κ1) is 83.2. The summed E-state index contributed by atoms with van der Waals surface area (Å²) in [5, 5.41) is 27.4. The number of ether oxygens (including phenoxy) is 4.